The fourth-order valence-electron chi connectivity index (χ4n) is 2.04. The summed E-state index contributed by atoms with van der Waals surface area (Å²) in [5, 5.41) is 7.65. The molecule has 1 aromatic carbocycles. The van der Waals surface area contributed by atoms with Gasteiger partial charge in [-0.05, 0) is 18.2 Å². The van der Waals surface area contributed by atoms with Crippen LogP contribution in [0.1, 0.15) is 5.56 Å². The molecule has 0 spiro atoms. The number of nitrogens with two attached hydrogens (primary N) is 1. The molecule has 2 rings (SSSR count). The molecular formula is C15H21F3N4OSi. The van der Waals surface area contributed by atoms with Crippen molar-refractivity contribution in [3.05, 3.63) is 30.0 Å². The van der Waals surface area contributed by atoms with Crippen molar-refractivity contribution in [1.82, 2.24) is 15.0 Å². The van der Waals surface area contributed by atoms with Gasteiger partial charge in [0.1, 0.15) is 12.4 Å². The highest BCUT2D eigenvalue weighted by molar-refractivity contribution is 6.76. The van der Waals surface area contributed by atoms with E-state index in [0.29, 0.717) is 6.61 Å². The smallest absolute Gasteiger partial charge is 0.399 e. The van der Waals surface area contributed by atoms with Crippen molar-refractivity contribution in [3.8, 4) is 11.3 Å². The molecule has 0 saturated heterocycles. The van der Waals surface area contributed by atoms with Crippen molar-refractivity contribution in [2.75, 3.05) is 12.3 Å². The molecular weight excluding hydrogens is 337 g/mol. The van der Waals surface area contributed by atoms with Crippen LogP contribution in [-0.2, 0) is 17.6 Å². The van der Waals surface area contributed by atoms with Crippen molar-refractivity contribution in [2.24, 2.45) is 0 Å². The van der Waals surface area contributed by atoms with Crippen molar-refractivity contribution >= 4 is 13.8 Å². The van der Waals surface area contributed by atoms with Crippen LogP contribution in [0.4, 0.5) is 18.9 Å². The topological polar surface area (TPSA) is 66.0 Å². The Morgan fingerprint density at radius 3 is 2.58 bits per heavy atom. The lowest BCUT2D eigenvalue weighted by Gasteiger charge is -2.15. The Morgan fingerprint density at radius 2 is 1.96 bits per heavy atom. The number of alkyl halides is 3. The van der Waals surface area contributed by atoms with Crippen molar-refractivity contribution < 1.29 is 17.9 Å². The van der Waals surface area contributed by atoms with Gasteiger partial charge in [-0.2, -0.15) is 13.2 Å². The zero-order chi connectivity index (χ0) is 18.0. The first-order valence-electron chi connectivity index (χ1n) is 7.51. The Kier molecular flexibility index (Phi) is 5.34. The van der Waals surface area contributed by atoms with Gasteiger partial charge in [0.2, 0.25) is 0 Å². The van der Waals surface area contributed by atoms with E-state index < -0.39 is 19.8 Å². The lowest BCUT2D eigenvalue weighted by Crippen LogP contribution is -2.22. The highest BCUT2D eigenvalue weighted by atomic mass is 28.3. The Bertz CT molecular complexity index is 695. The maximum Gasteiger partial charge on any atom is 0.417 e. The first-order valence-corrected chi connectivity index (χ1v) is 11.2. The van der Waals surface area contributed by atoms with Crippen LogP contribution in [0, 0.1) is 0 Å². The predicted octanol–water partition coefficient (Wildman–Crippen LogP) is 3.86. The number of benzene rings is 1. The van der Waals surface area contributed by atoms with Crippen LogP contribution in [0.3, 0.4) is 0 Å². The molecule has 0 atom stereocenters. The largest absolute Gasteiger partial charge is 0.417 e. The lowest BCUT2D eigenvalue weighted by atomic mass is 10.0. The van der Waals surface area contributed by atoms with E-state index in [1.165, 1.54) is 23.0 Å². The summed E-state index contributed by atoms with van der Waals surface area (Å²) in [4.78, 5) is 0. The molecule has 1 aromatic heterocycles. The summed E-state index contributed by atoms with van der Waals surface area (Å²) in [6, 6.07) is 4.62. The molecule has 1 heterocycles. The Hall–Kier alpha value is -1.87. The molecule has 2 aromatic rings. The van der Waals surface area contributed by atoms with Gasteiger partial charge in [0.15, 0.2) is 0 Å². The van der Waals surface area contributed by atoms with Crippen LogP contribution in [-0.4, -0.2) is 29.7 Å². The van der Waals surface area contributed by atoms with Gasteiger partial charge >= 0.3 is 6.18 Å². The molecule has 0 aliphatic rings. The standard InChI is InChI=1S/C15H21F3N4OSi/c1-24(2,3)7-6-23-10-22-9-14(20-21-22)12-5-4-11(19)8-13(12)15(16,17)18/h4-5,8-9H,6-7,10,19H2,1-3H3. The molecule has 0 bridgehead atoms. The number of anilines is 1. The second kappa shape index (κ2) is 6.94. The van der Waals surface area contributed by atoms with Gasteiger partial charge in [-0.25, -0.2) is 4.68 Å². The van der Waals surface area contributed by atoms with Gasteiger partial charge in [-0.1, -0.05) is 30.9 Å². The molecule has 0 aliphatic carbocycles. The monoisotopic (exact) mass is 358 g/mol. The average Bonchev–Trinajstić information content (AvgIpc) is 2.90. The van der Waals surface area contributed by atoms with E-state index in [1.807, 2.05) is 0 Å². The summed E-state index contributed by atoms with van der Waals surface area (Å²) in [6.45, 7) is 7.48. The fraction of sp³-hybridized carbons (Fsp3) is 0.467. The van der Waals surface area contributed by atoms with Crippen molar-refractivity contribution in [2.45, 2.75) is 38.6 Å². The Labute approximate surface area is 139 Å². The van der Waals surface area contributed by atoms with Crippen LogP contribution in [0.2, 0.25) is 25.7 Å². The molecule has 132 valence electrons. The zero-order valence-corrected chi connectivity index (χ0v) is 14.9. The highest BCUT2D eigenvalue weighted by Gasteiger charge is 2.34. The number of halogens is 3. The average molecular weight is 358 g/mol. The summed E-state index contributed by atoms with van der Waals surface area (Å²) in [7, 11) is -1.18. The summed E-state index contributed by atoms with van der Waals surface area (Å²) in [5.74, 6) is 0. The summed E-state index contributed by atoms with van der Waals surface area (Å²) in [5.41, 5.74) is 4.77. The molecule has 5 nitrogen and oxygen atoms in total. The van der Waals surface area contributed by atoms with E-state index in [4.69, 9.17) is 10.5 Å². The van der Waals surface area contributed by atoms with E-state index in [-0.39, 0.29) is 23.7 Å². The first kappa shape index (κ1) is 18.5. The minimum atomic E-state index is -4.51. The molecule has 24 heavy (non-hydrogen) atoms. The Balaban J connectivity index is 2.11. The summed E-state index contributed by atoms with van der Waals surface area (Å²) in [6.07, 6.45) is -3.07. The second-order valence-corrected chi connectivity index (χ2v) is 12.4. The Morgan fingerprint density at radius 1 is 1.25 bits per heavy atom. The van der Waals surface area contributed by atoms with E-state index >= 15 is 0 Å². The number of nitrogen functional groups attached to an aromatic ring is 1. The molecule has 0 fully saturated rings. The predicted molar refractivity (Wildman–Crippen MR) is 89.0 cm³/mol. The van der Waals surface area contributed by atoms with Crippen LogP contribution in [0.25, 0.3) is 11.3 Å². The number of hydrogen-bond acceptors (Lipinski definition) is 4. The molecule has 0 unspecified atom stereocenters. The van der Waals surface area contributed by atoms with Gasteiger partial charge in [-0.3, -0.25) is 0 Å². The molecule has 2 N–H and O–H groups in total. The minimum absolute atomic E-state index is 0.0492. The quantitative estimate of drug-likeness (QED) is 0.484. The normalized spacial score (nSPS) is 12.6. The number of ether oxygens (including phenoxy) is 1. The number of aromatic nitrogens is 3. The van der Waals surface area contributed by atoms with E-state index in [2.05, 4.69) is 30.0 Å². The van der Waals surface area contributed by atoms with Crippen molar-refractivity contribution in [3.63, 3.8) is 0 Å². The van der Waals surface area contributed by atoms with E-state index in [0.717, 1.165) is 12.1 Å². The molecule has 0 amide bonds. The van der Waals surface area contributed by atoms with Gasteiger partial charge in [0, 0.05) is 25.9 Å². The van der Waals surface area contributed by atoms with E-state index in [9.17, 15) is 13.2 Å². The highest BCUT2D eigenvalue weighted by Crippen LogP contribution is 2.37. The maximum atomic E-state index is 13.1. The molecule has 0 aliphatic heterocycles. The molecule has 0 saturated carbocycles. The van der Waals surface area contributed by atoms with Crippen LogP contribution in [0.15, 0.2) is 24.4 Å². The third-order valence-electron chi connectivity index (χ3n) is 3.38. The number of nitrogens with zero attached hydrogens (tertiary/aromatic N) is 3. The number of hydrogen-bond donors (Lipinski definition) is 1. The van der Waals surface area contributed by atoms with Gasteiger partial charge in [0.05, 0.1) is 11.8 Å². The molecule has 0 radical (unpaired) electrons. The lowest BCUT2D eigenvalue weighted by molar-refractivity contribution is -0.137. The van der Waals surface area contributed by atoms with Crippen molar-refractivity contribution in [1.29, 1.82) is 0 Å². The second-order valence-electron chi connectivity index (χ2n) is 6.79. The van der Waals surface area contributed by atoms with Crippen LogP contribution < -0.4 is 5.73 Å². The number of rotatable bonds is 6. The van der Waals surface area contributed by atoms with Gasteiger partial charge < -0.3 is 10.5 Å². The molecule has 9 heteroatoms. The van der Waals surface area contributed by atoms with E-state index in [1.54, 1.807) is 0 Å². The fourth-order valence-corrected chi connectivity index (χ4v) is 2.80. The zero-order valence-electron chi connectivity index (χ0n) is 13.9. The summed E-state index contributed by atoms with van der Waals surface area (Å²) >= 11 is 0. The van der Waals surface area contributed by atoms with Crippen LogP contribution >= 0.6 is 0 Å². The minimum Gasteiger partial charge on any atom is -0.399 e. The van der Waals surface area contributed by atoms with Gasteiger partial charge in [-0.15, -0.1) is 5.10 Å². The summed E-state index contributed by atoms with van der Waals surface area (Å²) < 4.78 is 46.3. The third-order valence-corrected chi connectivity index (χ3v) is 5.09. The third kappa shape index (κ3) is 5.07. The maximum absolute atomic E-state index is 13.1. The SMILES string of the molecule is C[Si](C)(C)CCOCn1cc(-c2ccc(N)cc2C(F)(F)F)nn1. The van der Waals surface area contributed by atoms with Crippen LogP contribution in [0.5, 0.6) is 0 Å². The van der Waals surface area contributed by atoms with Gasteiger partial charge in [0.25, 0.3) is 0 Å². The first-order chi connectivity index (χ1) is 11.1.